The van der Waals surface area contributed by atoms with E-state index in [2.05, 4.69) is 57.7 Å². The van der Waals surface area contributed by atoms with Crippen molar-refractivity contribution >= 4 is 22.6 Å². The first kappa shape index (κ1) is 28.3. The molecule has 0 spiro atoms. The first-order valence-electron chi connectivity index (χ1n) is 15.2. The second-order valence-electron chi connectivity index (χ2n) is 11.5. The van der Waals surface area contributed by atoms with Gasteiger partial charge in [-0.2, -0.15) is 0 Å². The van der Waals surface area contributed by atoms with Gasteiger partial charge in [-0.15, -0.1) is 0 Å². The van der Waals surface area contributed by atoms with Crippen molar-refractivity contribution in [1.29, 1.82) is 0 Å². The Labute approximate surface area is 239 Å². The summed E-state index contributed by atoms with van der Waals surface area (Å²) in [5.74, 6) is 0.451. The standard InChI is InChI=1S/C34H44N4O2/c1-2-26(27-11-5-3-6-12-27)25-38-22-17-31(36-32(34(38)40)18-21-37-19-9-4-10-20-37)24-35-33(39)30-16-15-28-13-7-8-14-29(28)23-30/h3,5-8,11-16,23,26,31-32,36H,2,4,9-10,17-22,24-25H2,1H3,(H,35,39)/t26-,31?,32+/m1/s1. The Morgan fingerprint density at radius 1 is 0.950 bits per heavy atom. The zero-order valence-electron chi connectivity index (χ0n) is 23.9. The van der Waals surface area contributed by atoms with Gasteiger partial charge < -0.3 is 20.4 Å². The third-order valence-corrected chi connectivity index (χ3v) is 8.70. The molecule has 0 radical (unpaired) electrons. The first-order chi connectivity index (χ1) is 19.6. The van der Waals surface area contributed by atoms with E-state index in [0.29, 0.717) is 24.6 Å². The number of hydrogen-bond donors (Lipinski definition) is 2. The number of benzene rings is 3. The molecule has 2 amide bonds. The summed E-state index contributed by atoms with van der Waals surface area (Å²) in [7, 11) is 0. The molecule has 6 nitrogen and oxygen atoms in total. The molecule has 1 unspecified atom stereocenters. The van der Waals surface area contributed by atoms with Crippen molar-refractivity contribution in [2.45, 2.75) is 63.5 Å². The fourth-order valence-corrected chi connectivity index (χ4v) is 6.24. The Hall–Kier alpha value is -3.22. The van der Waals surface area contributed by atoms with E-state index in [1.807, 2.05) is 42.5 Å². The van der Waals surface area contributed by atoms with Gasteiger partial charge in [0.25, 0.3) is 5.91 Å². The maximum atomic E-state index is 13.9. The lowest BCUT2D eigenvalue weighted by Crippen LogP contribution is -2.50. The van der Waals surface area contributed by atoms with E-state index < -0.39 is 0 Å². The average molecular weight is 541 g/mol. The Kier molecular flexibility index (Phi) is 9.85. The summed E-state index contributed by atoms with van der Waals surface area (Å²) in [6.45, 7) is 7.33. The van der Waals surface area contributed by atoms with E-state index in [0.717, 1.165) is 56.2 Å². The molecule has 2 fully saturated rings. The maximum Gasteiger partial charge on any atom is 0.251 e. The molecule has 0 bridgehead atoms. The van der Waals surface area contributed by atoms with E-state index in [9.17, 15) is 9.59 Å². The quantitative estimate of drug-likeness (QED) is 0.371. The lowest BCUT2D eigenvalue weighted by molar-refractivity contribution is -0.133. The van der Waals surface area contributed by atoms with Crippen molar-refractivity contribution < 1.29 is 9.59 Å². The van der Waals surface area contributed by atoms with Crippen LogP contribution in [-0.4, -0.2) is 73.0 Å². The molecule has 40 heavy (non-hydrogen) atoms. The SMILES string of the molecule is CC[C@H](CN1CCC(CNC(=O)c2ccc3ccccc3c2)N[C@@H](CCN2CCCCC2)C1=O)c1ccccc1. The molecule has 6 heteroatoms. The maximum absolute atomic E-state index is 13.9. The number of rotatable bonds is 10. The highest BCUT2D eigenvalue weighted by Gasteiger charge is 2.32. The number of hydrogen-bond acceptors (Lipinski definition) is 4. The lowest BCUT2D eigenvalue weighted by atomic mass is 9.95. The van der Waals surface area contributed by atoms with Crippen LogP contribution in [0.4, 0.5) is 0 Å². The second kappa shape index (κ2) is 13.9. The van der Waals surface area contributed by atoms with E-state index in [1.165, 1.54) is 24.8 Å². The Balaban J connectivity index is 1.25. The highest BCUT2D eigenvalue weighted by atomic mass is 16.2. The van der Waals surface area contributed by atoms with Crippen molar-refractivity contribution in [2.24, 2.45) is 0 Å². The smallest absolute Gasteiger partial charge is 0.251 e. The minimum absolute atomic E-state index is 0.0431. The molecule has 212 valence electrons. The zero-order valence-corrected chi connectivity index (χ0v) is 23.9. The largest absolute Gasteiger partial charge is 0.350 e. The van der Waals surface area contributed by atoms with Gasteiger partial charge in [-0.05, 0) is 73.7 Å². The topological polar surface area (TPSA) is 64.7 Å². The minimum Gasteiger partial charge on any atom is -0.350 e. The summed E-state index contributed by atoms with van der Waals surface area (Å²) < 4.78 is 0. The van der Waals surface area contributed by atoms with Gasteiger partial charge in [0.15, 0.2) is 0 Å². The van der Waals surface area contributed by atoms with Gasteiger partial charge in [-0.1, -0.05) is 74.0 Å². The number of nitrogens with zero attached hydrogens (tertiary/aromatic N) is 2. The van der Waals surface area contributed by atoms with Crippen LogP contribution in [0.25, 0.3) is 10.8 Å². The van der Waals surface area contributed by atoms with Gasteiger partial charge >= 0.3 is 0 Å². The number of nitrogens with one attached hydrogen (secondary N) is 2. The van der Waals surface area contributed by atoms with Gasteiger partial charge in [0, 0.05) is 43.7 Å². The first-order valence-corrected chi connectivity index (χ1v) is 15.2. The molecule has 2 heterocycles. The highest BCUT2D eigenvalue weighted by Crippen LogP contribution is 2.23. The van der Waals surface area contributed by atoms with Crippen molar-refractivity contribution in [3.63, 3.8) is 0 Å². The third kappa shape index (κ3) is 7.29. The molecular formula is C34H44N4O2. The van der Waals surface area contributed by atoms with E-state index >= 15 is 0 Å². The van der Waals surface area contributed by atoms with E-state index in [-0.39, 0.29) is 23.9 Å². The fraction of sp³-hybridized carbons (Fsp3) is 0.471. The molecule has 5 rings (SSSR count). The number of amides is 2. The molecule has 3 atom stereocenters. The fourth-order valence-electron chi connectivity index (χ4n) is 6.24. The summed E-state index contributed by atoms with van der Waals surface area (Å²) in [6.07, 6.45) is 6.40. The molecule has 2 aliphatic heterocycles. The summed E-state index contributed by atoms with van der Waals surface area (Å²) in [5, 5.41) is 9.01. The lowest BCUT2D eigenvalue weighted by Gasteiger charge is -2.31. The molecule has 2 aliphatic rings. The number of likely N-dealkylation sites (tertiary alicyclic amines) is 1. The van der Waals surface area contributed by atoms with Crippen LogP contribution in [0.2, 0.25) is 0 Å². The molecule has 2 N–H and O–H groups in total. The number of carbonyl (C=O) groups excluding carboxylic acids is 2. The predicted octanol–water partition coefficient (Wildman–Crippen LogP) is 5.20. The van der Waals surface area contributed by atoms with Crippen LogP contribution in [0.1, 0.15) is 67.3 Å². The zero-order chi connectivity index (χ0) is 27.7. The van der Waals surface area contributed by atoms with E-state index in [1.54, 1.807) is 0 Å². The van der Waals surface area contributed by atoms with Gasteiger partial charge in [0.1, 0.15) is 0 Å². The summed E-state index contributed by atoms with van der Waals surface area (Å²) in [5.41, 5.74) is 1.96. The number of fused-ring (bicyclic) bond motifs is 1. The molecule has 0 saturated carbocycles. The van der Waals surface area contributed by atoms with E-state index in [4.69, 9.17) is 0 Å². The van der Waals surface area contributed by atoms with Crippen LogP contribution in [0.3, 0.4) is 0 Å². The summed E-state index contributed by atoms with van der Waals surface area (Å²) in [6, 6.07) is 24.3. The van der Waals surface area contributed by atoms with Gasteiger partial charge in [-0.3, -0.25) is 9.59 Å². The highest BCUT2D eigenvalue weighted by molar-refractivity contribution is 5.98. The molecular weight excluding hydrogens is 496 g/mol. The summed E-state index contributed by atoms with van der Waals surface area (Å²) in [4.78, 5) is 31.6. The minimum atomic E-state index is -0.236. The van der Waals surface area contributed by atoms with Crippen LogP contribution in [-0.2, 0) is 4.79 Å². The van der Waals surface area contributed by atoms with Crippen LogP contribution in [0, 0.1) is 0 Å². The third-order valence-electron chi connectivity index (χ3n) is 8.70. The molecule has 0 aliphatic carbocycles. The molecule has 3 aromatic carbocycles. The van der Waals surface area contributed by atoms with Gasteiger partial charge in [0.05, 0.1) is 6.04 Å². The molecule has 0 aromatic heterocycles. The molecule has 2 saturated heterocycles. The van der Waals surface area contributed by atoms with Crippen LogP contribution >= 0.6 is 0 Å². The normalized spacial score (nSPS) is 21.2. The van der Waals surface area contributed by atoms with Gasteiger partial charge in [-0.25, -0.2) is 0 Å². The van der Waals surface area contributed by atoms with Crippen LogP contribution < -0.4 is 10.6 Å². The van der Waals surface area contributed by atoms with Crippen LogP contribution in [0.15, 0.2) is 72.8 Å². The van der Waals surface area contributed by atoms with Gasteiger partial charge in [0.2, 0.25) is 5.91 Å². The monoisotopic (exact) mass is 540 g/mol. The number of piperidine rings is 1. The van der Waals surface area contributed by atoms with Crippen molar-refractivity contribution in [3.05, 3.63) is 83.9 Å². The van der Waals surface area contributed by atoms with Crippen molar-refractivity contribution in [2.75, 3.05) is 39.3 Å². The Bertz CT molecular complexity index is 1260. The second-order valence-corrected chi connectivity index (χ2v) is 11.5. The predicted molar refractivity (Wildman–Crippen MR) is 163 cm³/mol. The van der Waals surface area contributed by atoms with Crippen molar-refractivity contribution in [3.8, 4) is 0 Å². The summed E-state index contributed by atoms with van der Waals surface area (Å²) >= 11 is 0. The Morgan fingerprint density at radius 2 is 1.70 bits per heavy atom. The molecule has 3 aromatic rings. The van der Waals surface area contributed by atoms with Crippen molar-refractivity contribution in [1.82, 2.24) is 20.4 Å². The number of carbonyl (C=O) groups is 2. The van der Waals surface area contributed by atoms with Crippen LogP contribution in [0.5, 0.6) is 0 Å². The Morgan fingerprint density at radius 3 is 2.48 bits per heavy atom. The average Bonchev–Trinajstić information content (AvgIpc) is 3.16.